The molecule has 0 saturated carbocycles. The van der Waals surface area contributed by atoms with Crippen molar-refractivity contribution in [3.8, 4) is 5.88 Å². The molecule has 0 aliphatic heterocycles. The van der Waals surface area contributed by atoms with Crippen molar-refractivity contribution in [2.75, 3.05) is 7.11 Å². The number of ketones is 1. The molecule has 6 heteroatoms. The zero-order chi connectivity index (χ0) is 12.3. The van der Waals surface area contributed by atoms with Gasteiger partial charge in [0.25, 0.3) is 0 Å². The second kappa shape index (κ2) is 5.37. The molecule has 0 N–H and O–H groups in total. The minimum Gasteiger partial charge on any atom is -0.481 e. The Kier molecular flexibility index (Phi) is 3.86. The summed E-state index contributed by atoms with van der Waals surface area (Å²) in [6.45, 7) is 0. The van der Waals surface area contributed by atoms with E-state index in [1.54, 1.807) is 17.4 Å². The molecule has 0 fully saturated rings. The van der Waals surface area contributed by atoms with Gasteiger partial charge in [-0.2, -0.15) is 0 Å². The fourth-order valence-corrected chi connectivity index (χ4v) is 2.75. The summed E-state index contributed by atoms with van der Waals surface area (Å²) in [4.78, 5) is 20.7. The summed E-state index contributed by atoms with van der Waals surface area (Å²) in [5.41, 5.74) is 0.376. The summed E-state index contributed by atoms with van der Waals surface area (Å²) in [5.74, 6) is 0.357. The fraction of sp³-hybridized carbons (Fsp3) is 0.182. The van der Waals surface area contributed by atoms with Crippen LogP contribution in [0.15, 0.2) is 28.3 Å². The molecule has 2 aromatic rings. The Labute approximate surface area is 111 Å². The second-order valence-electron chi connectivity index (χ2n) is 3.28. The van der Waals surface area contributed by atoms with Crippen molar-refractivity contribution in [1.29, 1.82) is 0 Å². The number of methoxy groups -OCH3 is 1. The van der Waals surface area contributed by atoms with E-state index in [4.69, 9.17) is 4.74 Å². The maximum Gasteiger partial charge on any atom is 0.216 e. The van der Waals surface area contributed by atoms with Crippen LogP contribution in [0.5, 0.6) is 5.88 Å². The van der Waals surface area contributed by atoms with Gasteiger partial charge in [0.05, 0.1) is 7.11 Å². The van der Waals surface area contributed by atoms with Gasteiger partial charge in [0.15, 0.2) is 5.78 Å². The molecule has 2 rings (SSSR count). The Bertz CT molecular complexity index is 542. The molecule has 0 unspecified atom stereocenters. The topological polar surface area (TPSA) is 52.1 Å². The minimum atomic E-state index is -0.0416. The number of carbonyl (C=O) groups excluding carboxylic acids is 1. The normalized spacial score (nSPS) is 10.2. The number of hydrogen-bond donors (Lipinski definition) is 0. The Morgan fingerprint density at radius 1 is 1.47 bits per heavy atom. The van der Waals surface area contributed by atoms with Gasteiger partial charge in [0.2, 0.25) is 5.88 Å². The van der Waals surface area contributed by atoms with E-state index >= 15 is 0 Å². The van der Waals surface area contributed by atoms with E-state index in [-0.39, 0.29) is 5.78 Å². The van der Waals surface area contributed by atoms with Crippen LogP contribution in [0.4, 0.5) is 0 Å². The highest BCUT2D eigenvalue weighted by Gasteiger charge is 2.11. The molecular formula is C11H9BrN2O2S. The van der Waals surface area contributed by atoms with Crippen molar-refractivity contribution < 1.29 is 9.53 Å². The predicted molar refractivity (Wildman–Crippen MR) is 68.6 cm³/mol. The third kappa shape index (κ3) is 3.10. The molecule has 0 amide bonds. The Hall–Kier alpha value is -1.27. The minimum absolute atomic E-state index is 0.0416. The molecule has 2 heterocycles. The van der Waals surface area contributed by atoms with Crippen molar-refractivity contribution in [2.24, 2.45) is 0 Å². The third-order valence-corrected chi connectivity index (χ3v) is 3.79. The van der Waals surface area contributed by atoms with E-state index in [0.717, 1.165) is 9.35 Å². The molecule has 88 valence electrons. The molecule has 0 radical (unpaired) electrons. The number of carbonyl (C=O) groups is 1. The first-order valence-corrected chi connectivity index (χ1v) is 6.48. The van der Waals surface area contributed by atoms with Gasteiger partial charge in [0, 0.05) is 27.2 Å². The molecule has 0 atom stereocenters. The van der Waals surface area contributed by atoms with Gasteiger partial charge < -0.3 is 4.74 Å². The van der Waals surface area contributed by atoms with Crippen molar-refractivity contribution in [1.82, 2.24) is 9.97 Å². The van der Waals surface area contributed by atoms with Crippen LogP contribution in [0, 0.1) is 0 Å². The highest BCUT2D eigenvalue weighted by atomic mass is 79.9. The Morgan fingerprint density at radius 2 is 2.29 bits per heavy atom. The van der Waals surface area contributed by atoms with Crippen molar-refractivity contribution in [3.63, 3.8) is 0 Å². The molecule has 0 aliphatic rings. The molecule has 2 aromatic heterocycles. The van der Waals surface area contributed by atoms with Gasteiger partial charge in [-0.05, 0) is 22.0 Å². The number of hydrogen-bond acceptors (Lipinski definition) is 5. The molecule has 17 heavy (non-hydrogen) atoms. The lowest BCUT2D eigenvalue weighted by molar-refractivity contribution is 0.0988. The zero-order valence-corrected chi connectivity index (χ0v) is 11.4. The summed E-state index contributed by atoms with van der Waals surface area (Å²) in [7, 11) is 1.51. The smallest absolute Gasteiger partial charge is 0.216 e. The molecule has 0 aliphatic carbocycles. The average molecular weight is 313 g/mol. The van der Waals surface area contributed by atoms with E-state index in [2.05, 4.69) is 25.9 Å². The third-order valence-electron chi connectivity index (χ3n) is 2.09. The summed E-state index contributed by atoms with van der Waals surface area (Å²) < 4.78 is 5.94. The van der Waals surface area contributed by atoms with Gasteiger partial charge in [-0.1, -0.05) is 0 Å². The first-order chi connectivity index (χ1) is 8.19. The first-order valence-electron chi connectivity index (χ1n) is 4.81. The van der Waals surface area contributed by atoms with E-state index in [0.29, 0.717) is 18.0 Å². The number of halogens is 1. The van der Waals surface area contributed by atoms with E-state index in [9.17, 15) is 4.79 Å². The quantitative estimate of drug-likeness (QED) is 0.815. The Balaban J connectivity index is 2.14. The van der Waals surface area contributed by atoms with Crippen LogP contribution in [-0.2, 0) is 6.42 Å². The molecule has 0 aromatic carbocycles. The average Bonchev–Trinajstić information content (AvgIpc) is 2.75. The lowest BCUT2D eigenvalue weighted by Gasteiger charge is -2.00. The fourth-order valence-electron chi connectivity index (χ4n) is 1.30. The standard InChI is InChI=1S/C11H9BrN2O2S/c1-16-11-4-9(13-6-14-11)10(15)3-8-2-7(12)5-17-8/h2,4-6H,3H2,1H3. The van der Waals surface area contributed by atoms with E-state index in [1.807, 2.05) is 11.4 Å². The summed E-state index contributed by atoms with van der Waals surface area (Å²) in [6, 6.07) is 3.48. The van der Waals surface area contributed by atoms with Gasteiger partial charge >= 0.3 is 0 Å². The van der Waals surface area contributed by atoms with Crippen LogP contribution >= 0.6 is 27.3 Å². The summed E-state index contributed by atoms with van der Waals surface area (Å²) >= 11 is 4.89. The lowest BCUT2D eigenvalue weighted by atomic mass is 10.2. The van der Waals surface area contributed by atoms with Crippen LogP contribution < -0.4 is 4.74 Å². The maximum atomic E-state index is 11.9. The predicted octanol–water partition coefficient (Wildman–Crippen LogP) is 2.73. The number of thiophene rings is 1. The lowest BCUT2D eigenvalue weighted by Crippen LogP contribution is -2.05. The number of aromatic nitrogens is 2. The molecule has 0 saturated heterocycles. The van der Waals surface area contributed by atoms with Crippen LogP contribution in [-0.4, -0.2) is 22.9 Å². The molecule has 0 spiro atoms. The van der Waals surface area contributed by atoms with Gasteiger partial charge in [-0.15, -0.1) is 11.3 Å². The number of nitrogens with zero attached hydrogens (tertiary/aromatic N) is 2. The van der Waals surface area contributed by atoms with Crippen LogP contribution in [0.2, 0.25) is 0 Å². The van der Waals surface area contributed by atoms with Crippen LogP contribution in [0.3, 0.4) is 0 Å². The van der Waals surface area contributed by atoms with Gasteiger partial charge in [-0.3, -0.25) is 4.79 Å². The van der Waals surface area contributed by atoms with Crippen molar-refractivity contribution in [3.05, 3.63) is 38.9 Å². The molecule has 4 nitrogen and oxygen atoms in total. The second-order valence-corrected chi connectivity index (χ2v) is 5.19. The van der Waals surface area contributed by atoms with Crippen LogP contribution in [0.1, 0.15) is 15.4 Å². The number of Topliss-reactive ketones (excluding diaryl/α,β-unsaturated/α-hetero) is 1. The van der Waals surface area contributed by atoms with Crippen molar-refractivity contribution >= 4 is 33.0 Å². The number of ether oxygens (including phenoxy) is 1. The zero-order valence-electron chi connectivity index (χ0n) is 9.01. The highest BCUT2D eigenvalue weighted by Crippen LogP contribution is 2.21. The monoisotopic (exact) mass is 312 g/mol. The van der Waals surface area contributed by atoms with E-state index < -0.39 is 0 Å². The molecule has 0 bridgehead atoms. The van der Waals surface area contributed by atoms with Gasteiger partial charge in [0.1, 0.15) is 12.0 Å². The SMILES string of the molecule is COc1cc(C(=O)Cc2cc(Br)cs2)ncn1. The van der Waals surface area contributed by atoms with Crippen molar-refractivity contribution in [2.45, 2.75) is 6.42 Å². The molecular weight excluding hydrogens is 304 g/mol. The highest BCUT2D eigenvalue weighted by molar-refractivity contribution is 9.10. The van der Waals surface area contributed by atoms with Gasteiger partial charge in [-0.25, -0.2) is 9.97 Å². The van der Waals surface area contributed by atoms with Crippen LogP contribution in [0.25, 0.3) is 0 Å². The summed E-state index contributed by atoms with van der Waals surface area (Å²) in [6.07, 6.45) is 1.67. The Morgan fingerprint density at radius 3 is 2.94 bits per heavy atom. The largest absolute Gasteiger partial charge is 0.481 e. The maximum absolute atomic E-state index is 11.9. The summed E-state index contributed by atoms with van der Waals surface area (Å²) in [5, 5.41) is 1.95. The number of rotatable bonds is 4. The first kappa shape index (κ1) is 12.2. The van der Waals surface area contributed by atoms with E-state index in [1.165, 1.54) is 13.4 Å².